The van der Waals surface area contributed by atoms with Crippen LogP contribution in [-0.4, -0.2) is 35.0 Å². The number of unbranched alkanes of at least 4 members (excludes halogenated alkanes) is 1. The Morgan fingerprint density at radius 3 is 2.70 bits per heavy atom. The summed E-state index contributed by atoms with van der Waals surface area (Å²) in [7, 11) is 3.85. The largest absolute Gasteiger partial charge is 0.453 e. The highest BCUT2D eigenvalue weighted by atomic mass is 33.1. The summed E-state index contributed by atoms with van der Waals surface area (Å²) >= 11 is 0. The third kappa shape index (κ3) is 8.71. The standard InChI is InChI=1S/C19H26N2O4S2/c1-14(25-17(22)10-6-5-9-16-11-12-26-27-16)18(23)21-19(24)20-13-15-7-3-2-4-8-15/h2-4,7-8,14,16H,5-6,9-13H2,1H3,(H2,20,21,23,24)/t14-,16-/m0/s1. The summed E-state index contributed by atoms with van der Waals surface area (Å²) in [5.41, 5.74) is 0.925. The van der Waals surface area contributed by atoms with Gasteiger partial charge in [-0.2, -0.15) is 0 Å². The molecule has 3 amide bonds. The number of carbonyl (C=O) groups excluding carboxylic acids is 3. The van der Waals surface area contributed by atoms with Crippen molar-refractivity contribution in [2.75, 3.05) is 5.75 Å². The molecule has 1 aliphatic heterocycles. The van der Waals surface area contributed by atoms with E-state index < -0.39 is 24.0 Å². The van der Waals surface area contributed by atoms with E-state index in [1.165, 1.54) is 19.1 Å². The van der Waals surface area contributed by atoms with Gasteiger partial charge in [0.1, 0.15) is 0 Å². The fourth-order valence-electron chi connectivity index (χ4n) is 2.55. The van der Waals surface area contributed by atoms with Crippen LogP contribution in [0.1, 0.15) is 44.6 Å². The molecule has 6 nitrogen and oxygen atoms in total. The van der Waals surface area contributed by atoms with Crippen LogP contribution in [0.15, 0.2) is 30.3 Å². The van der Waals surface area contributed by atoms with Gasteiger partial charge < -0.3 is 10.1 Å². The van der Waals surface area contributed by atoms with Crippen LogP contribution in [-0.2, 0) is 20.9 Å². The van der Waals surface area contributed by atoms with Crippen molar-refractivity contribution < 1.29 is 19.1 Å². The van der Waals surface area contributed by atoms with Crippen molar-refractivity contribution in [2.45, 2.75) is 56.9 Å². The topological polar surface area (TPSA) is 84.5 Å². The molecular formula is C19H26N2O4S2. The first kappa shape index (κ1) is 21.6. The summed E-state index contributed by atoms with van der Waals surface area (Å²) in [4.78, 5) is 35.6. The molecule has 2 atom stereocenters. The number of imide groups is 1. The Balaban J connectivity index is 1.57. The zero-order valence-electron chi connectivity index (χ0n) is 15.4. The van der Waals surface area contributed by atoms with E-state index in [-0.39, 0.29) is 0 Å². The number of rotatable bonds is 9. The van der Waals surface area contributed by atoms with E-state index in [2.05, 4.69) is 10.6 Å². The van der Waals surface area contributed by atoms with Crippen LogP contribution >= 0.6 is 21.6 Å². The highest BCUT2D eigenvalue weighted by Gasteiger charge is 2.20. The first-order valence-corrected chi connectivity index (χ1v) is 11.5. The number of urea groups is 1. The number of amides is 3. The van der Waals surface area contributed by atoms with Gasteiger partial charge in [0.05, 0.1) is 0 Å². The van der Waals surface area contributed by atoms with Crippen LogP contribution in [0.3, 0.4) is 0 Å². The molecule has 0 aliphatic carbocycles. The second-order valence-electron chi connectivity index (χ2n) is 6.36. The fraction of sp³-hybridized carbons (Fsp3) is 0.526. The average Bonchev–Trinajstić information content (AvgIpc) is 3.18. The summed E-state index contributed by atoms with van der Waals surface area (Å²) in [6.45, 7) is 1.77. The molecule has 0 unspecified atom stereocenters. The lowest BCUT2D eigenvalue weighted by Crippen LogP contribution is -2.44. The van der Waals surface area contributed by atoms with Crippen LogP contribution < -0.4 is 10.6 Å². The van der Waals surface area contributed by atoms with Gasteiger partial charge in [0, 0.05) is 24.0 Å². The molecule has 0 bridgehead atoms. The van der Waals surface area contributed by atoms with E-state index >= 15 is 0 Å². The normalized spacial score (nSPS) is 17.1. The van der Waals surface area contributed by atoms with E-state index in [0.29, 0.717) is 18.2 Å². The molecule has 0 aromatic heterocycles. The van der Waals surface area contributed by atoms with Crippen LogP contribution in [0, 0.1) is 0 Å². The molecule has 2 rings (SSSR count). The zero-order valence-corrected chi connectivity index (χ0v) is 17.1. The van der Waals surface area contributed by atoms with E-state index in [0.717, 1.165) is 24.8 Å². The van der Waals surface area contributed by atoms with Crippen LogP contribution in [0.25, 0.3) is 0 Å². The number of hydrogen-bond donors (Lipinski definition) is 2. The van der Waals surface area contributed by atoms with Crippen molar-refractivity contribution in [3.63, 3.8) is 0 Å². The molecular weight excluding hydrogens is 384 g/mol. The fourth-order valence-corrected chi connectivity index (χ4v) is 5.58. The molecule has 0 spiro atoms. The van der Waals surface area contributed by atoms with E-state index in [1.54, 1.807) is 0 Å². The molecule has 0 radical (unpaired) electrons. The van der Waals surface area contributed by atoms with Crippen LogP contribution in [0.4, 0.5) is 4.79 Å². The zero-order chi connectivity index (χ0) is 19.5. The Morgan fingerprint density at radius 2 is 2.00 bits per heavy atom. The number of nitrogens with one attached hydrogen (secondary N) is 2. The van der Waals surface area contributed by atoms with Gasteiger partial charge in [-0.15, -0.1) is 0 Å². The molecule has 1 fully saturated rings. The summed E-state index contributed by atoms with van der Waals surface area (Å²) in [5, 5.41) is 5.48. The monoisotopic (exact) mass is 410 g/mol. The first-order chi connectivity index (χ1) is 13.0. The predicted octanol–water partition coefficient (Wildman–Crippen LogP) is 3.66. The molecule has 1 aliphatic rings. The lowest BCUT2D eigenvalue weighted by molar-refractivity contribution is -0.154. The molecule has 27 heavy (non-hydrogen) atoms. The summed E-state index contributed by atoms with van der Waals surface area (Å²) in [5.74, 6) is 0.173. The number of hydrogen-bond acceptors (Lipinski definition) is 6. The van der Waals surface area contributed by atoms with Gasteiger partial charge >= 0.3 is 12.0 Å². The smallest absolute Gasteiger partial charge is 0.321 e. The van der Waals surface area contributed by atoms with Gasteiger partial charge in [-0.1, -0.05) is 58.3 Å². The van der Waals surface area contributed by atoms with Crippen LogP contribution in [0.2, 0.25) is 0 Å². The molecule has 8 heteroatoms. The summed E-state index contributed by atoms with van der Waals surface area (Å²) < 4.78 is 5.11. The van der Waals surface area contributed by atoms with Crippen molar-refractivity contribution >= 4 is 39.5 Å². The van der Waals surface area contributed by atoms with E-state index in [1.807, 2.05) is 51.9 Å². The Hall–Kier alpha value is -1.67. The van der Waals surface area contributed by atoms with Crippen molar-refractivity contribution in [3.05, 3.63) is 35.9 Å². The van der Waals surface area contributed by atoms with E-state index in [4.69, 9.17) is 4.74 Å². The van der Waals surface area contributed by atoms with Gasteiger partial charge in [0.2, 0.25) is 0 Å². The second-order valence-corrected chi connectivity index (χ2v) is 9.15. The maximum Gasteiger partial charge on any atom is 0.321 e. The molecule has 1 aromatic rings. The van der Waals surface area contributed by atoms with Crippen molar-refractivity contribution in [3.8, 4) is 0 Å². The van der Waals surface area contributed by atoms with E-state index in [9.17, 15) is 14.4 Å². The molecule has 148 valence electrons. The number of ether oxygens (including phenoxy) is 1. The number of carbonyl (C=O) groups is 3. The third-order valence-electron chi connectivity index (χ3n) is 4.09. The number of benzene rings is 1. The second kappa shape index (κ2) is 11.9. The first-order valence-electron chi connectivity index (χ1n) is 9.15. The maximum atomic E-state index is 11.9. The quantitative estimate of drug-likeness (QED) is 0.367. The highest BCUT2D eigenvalue weighted by molar-refractivity contribution is 8.77. The lowest BCUT2D eigenvalue weighted by atomic mass is 10.1. The average molecular weight is 411 g/mol. The Kier molecular flexibility index (Phi) is 9.55. The van der Waals surface area contributed by atoms with Crippen molar-refractivity contribution in [1.29, 1.82) is 0 Å². The SMILES string of the molecule is C[C@H](OC(=O)CCCC[C@H]1CCSS1)C(=O)NC(=O)NCc1ccccc1. The van der Waals surface area contributed by atoms with Gasteiger partial charge in [-0.05, 0) is 31.7 Å². The highest BCUT2D eigenvalue weighted by Crippen LogP contribution is 2.39. The third-order valence-corrected chi connectivity index (χ3v) is 7.10. The van der Waals surface area contributed by atoms with Crippen molar-refractivity contribution in [1.82, 2.24) is 10.6 Å². The summed E-state index contributed by atoms with van der Waals surface area (Å²) in [6.07, 6.45) is 3.39. The minimum absolute atomic E-state index is 0.294. The Labute approximate surface area is 168 Å². The number of esters is 1. The minimum atomic E-state index is -0.998. The summed E-state index contributed by atoms with van der Waals surface area (Å²) in [6, 6.07) is 8.75. The predicted molar refractivity (Wildman–Crippen MR) is 109 cm³/mol. The minimum Gasteiger partial charge on any atom is -0.453 e. The Morgan fingerprint density at radius 1 is 1.22 bits per heavy atom. The van der Waals surface area contributed by atoms with Gasteiger partial charge in [0.25, 0.3) is 5.91 Å². The maximum absolute atomic E-state index is 11.9. The van der Waals surface area contributed by atoms with Gasteiger partial charge in [-0.3, -0.25) is 14.9 Å². The van der Waals surface area contributed by atoms with Crippen molar-refractivity contribution in [2.24, 2.45) is 0 Å². The van der Waals surface area contributed by atoms with Gasteiger partial charge in [0.15, 0.2) is 6.10 Å². The molecule has 2 N–H and O–H groups in total. The molecule has 1 saturated heterocycles. The lowest BCUT2D eigenvalue weighted by Gasteiger charge is -2.13. The molecule has 0 saturated carbocycles. The molecule has 1 aromatic carbocycles. The Bertz CT molecular complexity index is 621. The molecule has 1 heterocycles. The van der Waals surface area contributed by atoms with Gasteiger partial charge in [-0.25, -0.2) is 4.79 Å². The van der Waals surface area contributed by atoms with Crippen LogP contribution in [0.5, 0.6) is 0 Å².